The zero-order valence-corrected chi connectivity index (χ0v) is 11.7. The van der Waals surface area contributed by atoms with Gasteiger partial charge in [0.05, 0.1) is 6.42 Å². The molecule has 1 amide bonds. The van der Waals surface area contributed by atoms with E-state index in [9.17, 15) is 9.18 Å². The third-order valence-corrected chi connectivity index (χ3v) is 4.25. The van der Waals surface area contributed by atoms with Crippen molar-refractivity contribution in [3.05, 3.63) is 35.6 Å². The summed E-state index contributed by atoms with van der Waals surface area (Å²) in [6.45, 7) is 0. The first kappa shape index (κ1) is 13.5. The van der Waals surface area contributed by atoms with Crippen molar-refractivity contribution in [3.8, 4) is 0 Å². The van der Waals surface area contributed by atoms with Crippen LogP contribution >= 0.6 is 15.9 Å². The van der Waals surface area contributed by atoms with E-state index in [0.29, 0.717) is 10.4 Å². The fourth-order valence-electron chi connectivity index (χ4n) is 2.29. The molecule has 0 heterocycles. The summed E-state index contributed by atoms with van der Waals surface area (Å²) in [7, 11) is 0. The maximum atomic E-state index is 13.4. The number of benzene rings is 1. The van der Waals surface area contributed by atoms with Gasteiger partial charge in [0.1, 0.15) is 5.82 Å². The van der Waals surface area contributed by atoms with Crippen LogP contribution in [0.3, 0.4) is 0 Å². The quantitative estimate of drug-likeness (QED) is 0.853. The van der Waals surface area contributed by atoms with Crippen molar-refractivity contribution in [1.82, 2.24) is 5.32 Å². The molecule has 0 spiro atoms. The average molecular weight is 314 g/mol. The summed E-state index contributed by atoms with van der Waals surface area (Å²) < 4.78 is 13.4. The fraction of sp³-hybridized carbons (Fsp3) is 0.500. The number of carbonyl (C=O) groups is 1. The van der Waals surface area contributed by atoms with Crippen LogP contribution in [0.2, 0.25) is 0 Å². The molecule has 2 nitrogen and oxygen atoms in total. The number of halogens is 2. The second-order valence-electron chi connectivity index (χ2n) is 4.78. The molecule has 1 saturated carbocycles. The Morgan fingerprint density at radius 1 is 1.28 bits per heavy atom. The SMILES string of the molecule is O=C(Cc1ccccc1F)NC1CCC(Br)CC1. The van der Waals surface area contributed by atoms with Crippen LogP contribution in [0.4, 0.5) is 4.39 Å². The Morgan fingerprint density at radius 3 is 2.61 bits per heavy atom. The Bertz CT molecular complexity index is 416. The monoisotopic (exact) mass is 313 g/mol. The predicted molar refractivity (Wildman–Crippen MR) is 73.2 cm³/mol. The molecule has 4 heteroatoms. The van der Waals surface area contributed by atoms with Crippen LogP contribution in [-0.2, 0) is 11.2 Å². The highest BCUT2D eigenvalue weighted by atomic mass is 79.9. The molecule has 1 N–H and O–H groups in total. The lowest BCUT2D eigenvalue weighted by Gasteiger charge is -2.26. The summed E-state index contributed by atoms with van der Waals surface area (Å²) in [5.74, 6) is -0.394. The summed E-state index contributed by atoms with van der Waals surface area (Å²) in [6.07, 6.45) is 4.30. The van der Waals surface area contributed by atoms with Gasteiger partial charge in [-0.15, -0.1) is 0 Å². The van der Waals surface area contributed by atoms with E-state index in [1.807, 2.05) is 0 Å². The van der Waals surface area contributed by atoms with Gasteiger partial charge in [-0.05, 0) is 37.3 Å². The van der Waals surface area contributed by atoms with Gasteiger partial charge in [0.25, 0.3) is 0 Å². The van der Waals surface area contributed by atoms with Gasteiger partial charge >= 0.3 is 0 Å². The minimum absolute atomic E-state index is 0.0851. The molecule has 0 unspecified atom stereocenters. The molecule has 0 radical (unpaired) electrons. The third-order valence-electron chi connectivity index (χ3n) is 3.33. The summed E-state index contributed by atoms with van der Waals surface area (Å²) in [5, 5.41) is 2.99. The highest BCUT2D eigenvalue weighted by Gasteiger charge is 2.20. The van der Waals surface area contributed by atoms with Crippen molar-refractivity contribution >= 4 is 21.8 Å². The summed E-state index contributed by atoms with van der Waals surface area (Å²) in [6, 6.07) is 6.68. The van der Waals surface area contributed by atoms with Crippen molar-refractivity contribution in [1.29, 1.82) is 0 Å². The van der Waals surface area contributed by atoms with Crippen LogP contribution in [0.25, 0.3) is 0 Å². The Labute approximate surface area is 115 Å². The minimum atomic E-state index is -0.309. The van der Waals surface area contributed by atoms with Crippen molar-refractivity contribution < 1.29 is 9.18 Å². The Morgan fingerprint density at radius 2 is 1.94 bits per heavy atom. The predicted octanol–water partition coefficient (Wildman–Crippen LogP) is 3.19. The van der Waals surface area contributed by atoms with Gasteiger partial charge in [-0.3, -0.25) is 4.79 Å². The van der Waals surface area contributed by atoms with Gasteiger partial charge in [0.15, 0.2) is 0 Å². The van der Waals surface area contributed by atoms with Crippen LogP contribution in [0.1, 0.15) is 31.2 Å². The van der Waals surface area contributed by atoms with Crippen LogP contribution in [0, 0.1) is 5.82 Å². The highest BCUT2D eigenvalue weighted by molar-refractivity contribution is 9.09. The van der Waals surface area contributed by atoms with Crippen LogP contribution in [-0.4, -0.2) is 16.8 Å². The van der Waals surface area contributed by atoms with Gasteiger partial charge in [-0.2, -0.15) is 0 Å². The molecule has 1 aliphatic carbocycles. The number of amides is 1. The van der Waals surface area contributed by atoms with Crippen molar-refractivity contribution in [2.45, 2.75) is 43.0 Å². The molecule has 0 atom stereocenters. The lowest BCUT2D eigenvalue weighted by atomic mass is 9.95. The van der Waals surface area contributed by atoms with E-state index in [0.717, 1.165) is 25.7 Å². The summed E-state index contributed by atoms with van der Waals surface area (Å²) in [4.78, 5) is 12.4. The summed E-state index contributed by atoms with van der Waals surface area (Å²) in [5.41, 5.74) is 0.462. The first-order valence-electron chi connectivity index (χ1n) is 6.32. The normalized spacial score (nSPS) is 23.7. The fourth-order valence-corrected chi connectivity index (χ4v) is 2.82. The molecule has 1 aromatic rings. The number of hydrogen-bond donors (Lipinski definition) is 1. The molecule has 0 aliphatic heterocycles. The van der Waals surface area contributed by atoms with E-state index in [4.69, 9.17) is 0 Å². The third kappa shape index (κ3) is 3.80. The van der Waals surface area contributed by atoms with E-state index in [-0.39, 0.29) is 24.2 Å². The topological polar surface area (TPSA) is 29.1 Å². The van der Waals surface area contributed by atoms with Crippen molar-refractivity contribution in [2.24, 2.45) is 0 Å². The van der Waals surface area contributed by atoms with Gasteiger partial charge in [0, 0.05) is 10.9 Å². The largest absolute Gasteiger partial charge is 0.353 e. The molecule has 2 rings (SSSR count). The molecule has 1 aromatic carbocycles. The molecule has 18 heavy (non-hydrogen) atoms. The number of nitrogens with one attached hydrogen (secondary N) is 1. The molecule has 0 bridgehead atoms. The minimum Gasteiger partial charge on any atom is -0.353 e. The lowest BCUT2D eigenvalue weighted by Crippen LogP contribution is -2.38. The molecule has 0 saturated heterocycles. The van der Waals surface area contributed by atoms with Gasteiger partial charge < -0.3 is 5.32 Å². The molecular formula is C14H17BrFNO. The number of hydrogen-bond acceptors (Lipinski definition) is 1. The maximum Gasteiger partial charge on any atom is 0.224 e. The second kappa shape index (κ2) is 6.32. The van der Waals surface area contributed by atoms with E-state index >= 15 is 0 Å². The highest BCUT2D eigenvalue weighted by Crippen LogP contribution is 2.24. The average Bonchev–Trinajstić information content (AvgIpc) is 2.35. The standard InChI is InChI=1S/C14H17BrFNO/c15-11-5-7-12(8-6-11)17-14(18)9-10-3-1-2-4-13(10)16/h1-4,11-12H,5-9H2,(H,17,18). The molecule has 1 aliphatic rings. The van der Waals surface area contributed by atoms with Crippen LogP contribution in [0.15, 0.2) is 24.3 Å². The van der Waals surface area contributed by atoms with E-state index < -0.39 is 0 Å². The van der Waals surface area contributed by atoms with Crippen molar-refractivity contribution in [3.63, 3.8) is 0 Å². The zero-order chi connectivity index (χ0) is 13.0. The molecule has 98 valence electrons. The lowest BCUT2D eigenvalue weighted by molar-refractivity contribution is -0.121. The molecular weight excluding hydrogens is 297 g/mol. The van der Waals surface area contributed by atoms with Crippen LogP contribution < -0.4 is 5.32 Å². The van der Waals surface area contributed by atoms with Crippen LogP contribution in [0.5, 0.6) is 0 Å². The Hall–Kier alpha value is -0.900. The smallest absolute Gasteiger partial charge is 0.224 e. The van der Waals surface area contributed by atoms with Gasteiger partial charge in [-0.25, -0.2) is 4.39 Å². The first-order chi connectivity index (χ1) is 8.65. The van der Waals surface area contributed by atoms with Gasteiger partial charge in [-0.1, -0.05) is 34.1 Å². The number of alkyl halides is 1. The number of carbonyl (C=O) groups excluding carboxylic acids is 1. The second-order valence-corrected chi connectivity index (χ2v) is 6.08. The van der Waals surface area contributed by atoms with Gasteiger partial charge in [0.2, 0.25) is 5.91 Å². The van der Waals surface area contributed by atoms with E-state index in [1.54, 1.807) is 18.2 Å². The zero-order valence-electron chi connectivity index (χ0n) is 10.2. The Kier molecular flexibility index (Phi) is 4.75. The summed E-state index contributed by atoms with van der Waals surface area (Å²) >= 11 is 3.58. The maximum absolute atomic E-state index is 13.4. The first-order valence-corrected chi connectivity index (χ1v) is 7.23. The number of rotatable bonds is 3. The Balaban J connectivity index is 1.84. The molecule has 0 aromatic heterocycles. The van der Waals surface area contributed by atoms with E-state index in [1.165, 1.54) is 6.07 Å². The van der Waals surface area contributed by atoms with Crippen molar-refractivity contribution in [2.75, 3.05) is 0 Å². The molecule has 1 fully saturated rings. The van der Waals surface area contributed by atoms with E-state index in [2.05, 4.69) is 21.2 Å².